The van der Waals surface area contributed by atoms with Crippen molar-refractivity contribution in [3.63, 3.8) is 0 Å². The average molecular weight is 434 g/mol. The third-order valence-corrected chi connectivity index (χ3v) is 5.53. The summed E-state index contributed by atoms with van der Waals surface area (Å²) in [6, 6.07) is 9.13. The number of nitrogens with zero attached hydrogens (tertiary/aromatic N) is 3. The van der Waals surface area contributed by atoms with Crippen LogP contribution < -0.4 is 25.2 Å². The Bertz CT molecular complexity index is 1260. The van der Waals surface area contributed by atoms with Crippen molar-refractivity contribution < 1.29 is 19.0 Å². The molecule has 1 fully saturated rings. The second-order valence-corrected chi connectivity index (χ2v) is 7.54. The maximum atomic E-state index is 13.3. The van der Waals surface area contributed by atoms with Crippen molar-refractivity contribution in [3.05, 3.63) is 65.2 Å². The molecule has 9 nitrogen and oxygen atoms in total. The second kappa shape index (κ2) is 8.35. The van der Waals surface area contributed by atoms with E-state index in [4.69, 9.17) is 14.2 Å². The molecular formula is C23H22N4O5. The molecule has 3 aromatic rings. The zero-order valence-corrected chi connectivity index (χ0v) is 17.4. The number of morpholine rings is 1. The molecule has 2 aromatic carbocycles. The molecule has 164 valence electrons. The number of carbonyl (C=O) groups is 1. The molecule has 1 aromatic heterocycles. The number of rotatable bonds is 5. The first-order valence-corrected chi connectivity index (χ1v) is 10.3. The number of hydrogen-bond acceptors (Lipinski definition) is 7. The number of nitrogens with one attached hydrogen (secondary N) is 1. The van der Waals surface area contributed by atoms with E-state index in [1.807, 2.05) is 18.2 Å². The van der Waals surface area contributed by atoms with Gasteiger partial charge in [-0.15, -0.1) is 0 Å². The van der Waals surface area contributed by atoms with Crippen molar-refractivity contribution in [3.8, 4) is 11.5 Å². The first-order valence-electron chi connectivity index (χ1n) is 10.3. The summed E-state index contributed by atoms with van der Waals surface area (Å²) in [5.74, 6) is 1.04. The molecule has 0 saturated carbocycles. The highest BCUT2D eigenvalue weighted by Crippen LogP contribution is 2.33. The molecule has 1 saturated heterocycles. The number of fused-ring (bicyclic) bond motifs is 2. The average Bonchev–Trinajstić information content (AvgIpc) is 3.29. The van der Waals surface area contributed by atoms with Gasteiger partial charge in [0, 0.05) is 13.1 Å². The van der Waals surface area contributed by atoms with E-state index in [9.17, 15) is 9.59 Å². The molecule has 5 rings (SSSR count). The molecule has 2 aliphatic heterocycles. The summed E-state index contributed by atoms with van der Waals surface area (Å²) in [5, 5.41) is 3.31. The Morgan fingerprint density at radius 1 is 1.16 bits per heavy atom. The highest BCUT2D eigenvalue weighted by molar-refractivity contribution is 6.03. The number of benzene rings is 2. The Morgan fingerprint density at radius 3 is 2.78 bits per heavy atom. The molecule has 0 unspecified atom stereocenters. The van der Waals surface area contributed by atoms with Crippen molar-refractivity contribution >= 4 is 28.2 Å². The van der Waals surface area contributed by atoms with Crippen LogP contribution in [0.3, 0.4) is 0 Å². The molecule has 1 amide bonds. The van der Waals surface area contributed by atoms with Crippen LogP contribution in [-0.2, 0) is 16.1 Å². The first kappa shape index (κ1) is 20.1. The van der Waals surface area contributed by atoms with Gasteiger partial charge >= 0.3 is 0 Å². The highest BCUT2D eigenvalue weighted by atomic mass is 16.7. The van der Waals surface area contributed by atoms with Crippen LogP contribution in [0.2, 0.25) is 0 Å². The topological polar surface area (TPSA) is 94.9 Å². The van der Waals surface area contributed by atoms with E-state index in [0.717, 1.165) is 11.3 Å². The van der Waals surface area contributed by atoms with Gasteiger partial charge < -0.3 is 24.4 Å². The molecular weight excluding hydrogens is 412 g/mol. The van der Waals surface area contributed by atoms with Gasteiger partial charge in [-0.3, -0.25) is 14.2 Å². The van der Waals surface area contributed by atoms with Gasteiger partial charge in [0.15, 0.2) is 11.5 Å². The van der Waals surface area contributed by atoms with Crippen molar-refractivity contribution in [2.75, 3.05) is 43.3 Å². The van der Waals surface area contributed by atoms with Crippen LogP contribution in [-0.4, -0.2) is 48.6 Å². The summed E-state index contributed by atoms with van der Waals surface area (Å²) in [5.41, 5.74) is 2.60. The molecule has 3 heterocycles. The number of anilines is 2. The van der Waals surface area contributed by atoms with Crippen LogP contribution in [0, 0.1) is 0 Å². The van der Waals surface area contributed by atoms with E-state index < -0.39 is 0 Å². The number of carbonyl (C=O) groups excluding carboxylic acids is 1. The molecule has 0 radical (unpaired) electrons. The van der Waals surface area contributed by atoms with Gasteiger partial charge in [0.25, 0.3) is 5.56 Å². The first-order chi connectivity index (χ1) is 15.6. The zero-order valence-electron chi connectivity index (χ0n) is 17.4. The lowest BCUT2D eigenvalue weighted by molar-refractivity contribution is -0.111. The minimum atomic E-state index is -0.324. The Balaban J connectivity index is 1.55. The lowest BCUT2D eigenvalue weighted by atomic mass is 10.1. The number of ether oxygens (including phenoxy) is 3. The van der Waals surface area contributed by atoms with Crippen LogP contribution in [0.5, 0.6) is 11.5 Å². The summed E-state index contributed by atoms with van der Waals surface area (Å²) in [7, 11) is 0. The standard InChI is InChI=1S/C23H22N4O5/c1-2-22(28)25-18-11-17-16(10-19(18)26-5-7-30-8-6-26)23(29)27(13-24-17)12-15-3-4-20-21(9-15)32-14-31-20/h2-4,9-11,13H,1,5-8,12,14H2,(H,25,28). The van der Waals surface area contributed by atoms with Crippen molar-refractivity contribution in [2.24, 2.45) is 0 Å². The van der Waals surface area contributed by atoms with E-state index in [0.29, 0.717) is 60.9 Å². The summed E-state index contributed by atoms with van der Waals surface area (Å²) in [4.78, 5) is 31.9. The lowest BCUT2D eigenvalue weighted by Crippen LogP contribution is -2.37. The van der Waals surface area contributed by atoms with Gasteiger partial charge in [-0.05, 0) is 35.9 Å². The lowest BCUT2D eigenvalue weighted by Gasteiger charge is -2.30. The minimum Gasteiger partial charge on any atom is -0.454 e. The van der Waals surface area contributed by atoms with Crippen LogP contribution in [0.4, 0.5) is 11.4 Å². The molecule has 1 N–H and O–H groups in total. The van der Waals surface area contributed by atoms with Crippen molar-refractivity contribution in [1.82, 2.24) is 9.55 Å². The van der Waals surface area contributed by atoms with Gasteiger partial charge in [-0.2, -0.15) is 0 Å². The van der Waals surface area contributed by atoms with Gasteiger partial charge in [-0.1, -0.05) is 12.6 Å². The maximum Gasteiger partial charge on any atom is 0.261 e. The molecule has 32 heavy (non-hydrogen) atoms. The van der Waals surface area contributed by atoms with Crippen molar-refractivity contribution in [1.29, 1.82) is 0 Å². The summed E-state index contributed by atoms with van der Waals surface area (Å²) in [6.45, 7) is 6.54. The Morgan fingerprint density at radius 2 is 1.97 bits per heavy atom. The van der Waals surface area contributed by atoms with Gasteiger partial charge in [0.1, 0.15) is 0 Å². The second-order valence-electron chi connectivity index (χ2n) is 7.54. The summed E-state index contributed by atoms with van der Waals surface area (Å²) in [6.07, 6.45) is 2.73. The van der Waals surface area contributed by atoms with Gasteiger partial charge in [0.05, 0.1) is 48.4 Å². The fourth-order valence-corrected chi connectivity index (χ4v) is 3.89. The smallest absolute Gasteiger partial charge is 0.261 e. The Hall–Kier alpha value is -3.85. The van der Waals surface area contributed by atoms with E-state index in [2.05, 4.69) is 21.8 Å². The van der Waals surface area contributed by atoms with E-state index >= 15 is 0 Å². The fraction of sp³-hybridized carbons (Fsp3) is 0.261. The summed E-state index contributed by atoms with van der Waals surface area (Å²) >= 11 is 0. The predicted molar refractivity (Wildman–Crippen MR) is 120 cm³/mol. The molecule has 0 spiro atoms. The van der Waals surface area contributed by atoms with E-state index in [-0.39, 0.29) is 18.3 Å². The largest absolute Gasteiger partial charge is 0.454 e. The third-order valence-electron chi connectivity index (χ3n) is 5.53. The van der Waals surface area contributed by atoms with E-state index in [1.54, 1.807) is 16.7 Å². The van der Waals surface area contributed by atoms with Crippen LogP contribution >= 0.6 is 0 Å². The minimum absolute atomic E-state index is 0.163. The monoisotopic (exact) mass is 434 g/mol. The van der Waals surface area contributed by atoms with E-state index in [1.165, 1.54) is 12.4 Å². The number of aromatic nitrogens is 2. The number of amides is 1. The van der Waals surface area contributed by atoms with Gasteiger partial charge in [-0.25, -0.2) is 4.98 Å². The molecule has 2 aliphatic rings. The molecule has 0 atom stereocenters. The maximum absolute atomic E-state index is 13.3. The molecule has 9 heteroatoms. The number of hydrogen-bond donors (Lipinski definition) is 1. The summed E-state index contributed by atoms with van der Waals surface area (Å²) < 4.78 is 17.8. The highest BCUT2D eigenvalue weighted by Gasteiger charge is 2.19. The Labute approximate surface area is 183 Å². The molecule has 0 bridgehead atoms. The fourth-order valence-electron chi connectivity index (χ4n) is 3.89. The predicted octanol–water partition coefficient (Wildman–Crippen LogP) is 2.13. The zero-order chi connectivity index (χ0) is 22.1. The SMILES string of the molecule is C=CC(=O)Nc1cc2ncn(Cc3ccc4c(c3)OCO4)c(=O)c2cc1N1CCOCC1. The molecule has 0 aliphatic carbocycles. The van der Waals surface area contributed by atoms with Gasteiger partial charge in [0.2, 0.25) is 12.7 Å². The van der Waals surface area contributed by atoms with Crippen molar-refractivity contribution in [2.45, 2.75) is 6.54 Å². The third kappa shape index (κ3) is 3.78. The van der Waals surface area contributed by atoms with Crippen LogP contribution in [0.1, 0.15) is 5.56 Å². The normalized spacial score (nSPS) is 15.1. The van der Waals surface area contributed by atoms with Crippen LogP contribution in [0.15, 0.2) is 54.1 Å². The quantitative estimate of drug-likeness (QED) is 0.615. The Kier molecular flexibility index (Phi) is 5.24. The van der Waals surface area contributed by atoms with Crippen LogP contribution in [0.25, 0.3) is 10.9 Å².